The summed E-state index contributed by atoms with van der Waals surface area (Å²) in [5.74, 6) is -2.94. The molecule has 0 saturated heterocycles. The summed E-state index contributed by atoms with van der Waals surface area (Å²) in [6.45, 7) is -0.245. The average Bonchev–Trinajstić information content (AvgIpc) is 3.31. The lowest BCUT2D eigenvalue weighted by Gasteiger charge is -2.18. The molecule has 0 radical (unpaired) electrons. The van der Waals surface area contributed by atoms with Gasteiger partial charge in [-0.1, -0.05) is 25.7 Å². The molecule has 0 atom stereocenters. The predicted octanol–water partition coefficient (Wildman–Crippen LogP) is 1.01. The summed E-state index contributed by atoms with van der Waals surface area (Å²) < 4.78 is 1.33. The number of nitrogens with one attached hydrogen (secondary N) is 2. The fraction of sp³-hybridized carbons (Fsp3) is 0.579. The summed E-state index contributed by atoms with van der Waals surface area (Å²) in [4.78, 5) is 48.5. The minimum Gasteiger partial charge on any atom is -0.506 e. The largest absolute Gasteiger partial charge is 0.506 e. The molecule has 0 spiro atoms. The summed E-state index contributed by atoms with van der Waals surface area (Å²) >= 11 is 0. The lowest BCUT2D eigenvalue weighted by molar-refractivity contribution is -0.135. The summed E-state index contributed by atoms with van der Waals surface area (Å²) in [6, 6.07) is -0.155. The van der Waals surface area contributed by atoms with Crippen molar-refractivity contribution in [1.29, 1.82) is 0 Å². The van der Waals surface area contributed by atoms with Crippen molar-refractivity contribution in [3.63, 3.8) is 0 Å². The number of aromatic nitrogens is 1. The number of amides is 2. The molecule has 0 aromatic carbocycles. The molecule has 1 heterocycles. The second kappa shape index (κ2) is 8.45. The normalized spacial score (nSPS) is 16.7. The molecule has 2 aliphatic rings. The Kier molecular flexibility index (Phi) is 6.01. The Morgan fingerprint density at radius 1 is 1.07 bits per heavy atom. The van der Waals surface area contributed by atoms with Crippen molar-refractivity contribution in [1.82, 2.24) is 15.2 Å². The second-order valence-corrected chi connectivity index (χ2v) is 7.48. The highest BCUT2D eigenvalue weighted by molar-refractivity contribution is 6.03. The third kappa shape index (κ3) is 4.52. The third-order valence-corrected chi connectivity index (χ3v) is 5.33. The van der Waals surface area contributed by atoms with E-state index in [9.17, 15) is 24.3 Å². The van der Waals surface area contributed by atoms with Crippen LogP contribution in [0.15, 0.2) is 11.0 Å². The van der Waals surface area contributed by atoms with Crippen LogP contribution >= 0.6 is 0 Å². The first-order valence-corrected chi connectivity index (χ1v) is 9.64. The van der Waals surface area contributed by atoms with Crippen LogP contribution in [0.3, 0.4) is 0 Å². The molecule has 28 heavy (non-hydrogen) atoms. The van der Waals surface area contributed by atoms with Crippen LogP contribution in [0.5, 0.6) is 5.75 Å². The maximum atomic E-state index is 12.8. The first-order chi connectivity index (χ1) is 13.4. The Morgan fingerprint density at radius 2 is 1.75 bits per heavy atom. The molecule has 152 valence electrons. The number of carboxylic acids is 1. The minimum atomic E-state index is -1.28. The zero-order valence-electron chi connectivity index (χ0n) is 15.6. The molecule has 4 N–H and O–H groups in total. The Labute approximate surface area is 161 Å². The van der Waals surface area contributed by atoms with Gasteiger partial charge in [0.1, 0.15) is 17.9 Å². The lowest BCUT2D eigenvalue weighted by atomic mass is 10.1. The number of hydrogen-bond acceptors (Lipinski definition) is 5. The first-order valence-electron chi connectivity index (χ1n) is 9.64. The van der Waals surface area contributed by atoms with Crippen molar-refractivity contribution < 1.29 is 24.6 Å². The highest BCUT2D eigenvalue weighted by atomic mass is 16.4. The van der Waals surface area contributed by atoms with Gasteiger partial charge in [-0.05, 0) is 25.2 Å². The van der Waals surface area contributed by atoms with E-state index in [0.717, 1.165) is 44.9 Å². The van der Waals surface area contributed by atoms with Gasteiger partial charge in [0.25, 0.3) is 17.4 Å². The van der Waals surface area contributed by atoms with E-state index in [1.165, 1.54) is 10.8 Å². The molecular formula is C19H25N3O6. The number of carboxylic acid groups (broad SMARTS) is 1. The molecule has 9 nitrogen and oxygen atoms in total. The van der Waals surface area contributed by atoms with Crippen LogP contribution in [-0.4, -0.2) is 45.7 Å². The summed E-state index contributed by atoms with van der Waals surface area (Å²) in [6.07, 6.45) is 7.81. The van der Waals surface area contributed by atoms with Gasteiger partial charge in [0, 0.05) is 18.8 Å². The van der Waals surface area contributed by atoms with Crippen molar-refractivity contribution in [2.24, 2.45) is 5.92 Å². The van der Waals surface area contributed by atoms with Crippen molar-refractivity contribution in [3.8, 4) is 5.75 Å². The number of aromatic hydroxyl groups is 1. The monoisotopic (exact) mass is 391 g/mol. The van der Waals surface area contributed by atoms with Crippen LogP contribution < -0.4 is 16.2 Å². The maximum Gasteiger partial charge on any atom is 0.322 e. The number of pyridine rings is 1. The molecule has 3 rings (SSSR count). The Morgan fingerprint density at radius 3 is 2.36 bits per heavy atom. The van der Waals surface area contributed by atoms with Gasteiger partial charge in [-0.15, -0.1) is 0 Å². The fourth-order valence-corrected chi connectivity index (χ4v) is 3.58. The van der Waals surface area contributed by atoms with Gasteiger partial charge in [0.15, 0.2) is 0 Å². The van der Waals surface area contributed by atoms with Crippen LogP contribution in [0.2, 0.25) is 0 Å². The van der Waals surface area contributed by atoms with Crippen LogP contribution in [-0.2, 0) is 4.79 Å². The topological polar surface area (TPSA) is 138 Å². The van der Waals surface area contributed by atoms with E-state index in [1.807, 2.05) is 0 Å². The van der Waals surface area contributed by atoms with Gasteiger partial charge in [0.05, 0.1) is 5.56 Å². The van der Waals surface area contributed by atoms with Crippen LogP contribution in [0.1, 0.15) is 71.7 Å². The highest BCUT2D eigenvalue weighted by Crippen LogP contribution is 2.32. The standard InChI is InChI=1S/C19H25N3O6/c23-14(24)9-21-18(27)15-16(25)13(17(26)20-8-7-11-5-6-11)10-22(19(15)28)12-3-1-2-4-12/h10-12,25H,1-9H2,(H,20,26)(H,21,27)(H,23,24). The SMILES string of the molecule is O=C(O)CNC(=O)c1c(O)c(C(=O)NCCC2CC2)cn(C2CCCC2)c1=O. The van der Waals surface area contributed by atoms with Gasteiger partial charge < -0.3 is 25.4 Å². The van der Waals surface area contributed by atoms with Gasteiger partial charge in [-0.3, -0.25) is 19.2 Å². The minimum absolute atomic E-state index is 0.150. The van der Waals surface area contributed by atoms with Crippen molar-refractivity contribution in [2.75, 3.05) is 13.1 Å². The highest BCUT2D eigenvalue weighted by Gasteiger charge is 2.29. The summed E-state index contributed by atoms with van der Waals surface area (Å²) in [5.41, 5.74) is -1.47. The van der Waals surface area contributed by atoms with Gasteiger partial charge in [-0.25, -0.2) is 0 Å². The Balaban J connectivity index is 1.92. The zero-order chi connectivity index (χ0) is 20.3. The zero-order valence-corrected chi connectivity index (χ0v) is 15.6. The quantitative estimate of drug-likeness (QED) is 0.522. The van der Waals surface area contributed by atoms with Crippen LogP contribution in [0.25, 0.3) is 0 Å². The molecular weight excluding hydrogens is 366 g/mol. The van der Waals surface area contributed by atoms with Crippen molar-refractivity contribution in [2.45, 2.75) is 51.0 Å². The number of nitrogens with zero attached hydrogens (tertiary/aromatic N) is 1. The summed E-state index contributed by atoms with van der Waals surface area (Å²) in [5, 5.41) is 24.0. The van der Waals surface area contributed by atoms with E-state index < -0.39 is 41.2 Å². The van der Waals surface area contributed by atoms with E-state index in [0.29, 0.717) is 12.5 Å². The molecule has 2 fully saturated rings. The van der Waals surface area contributed by atoms with Crippen LogP contribution in [0, 0.1) is 5.92 Å². The predicted molar refractivity (Wildman–Crippen MR) is 99.5 cm³/mol. The van der Waals surface area contributed by atoms with Gasteiger partial charge in [0.2, 0.25) is 0 Å². The van der Waals surface area contributed by atoms with Crippen LogP contribution in [0.4, 0.5) is 0 Å². The molecule has 2 saturated carbocycles. The van der Waals surface area contributed by atoms with Gasteiger partial charge in [-0.2, -0.15) is 0 Å². The smallest absolute Gasteiger partial charge is 0.322 e. The molecule has 1 aromatic rings. The van der Waals surface area contributed by atoms with E-state index in [1.54, 1.807) is 0 Å². The number of carbonyl (C=O) groups excluding carboxylic acids is 2. The molecule has 0 unspecified atom stereocenters. The van der Waals surface area contributed by atoms with E-state index in [-0.39, 0.29) is 11.6 Å². The number of aliphatic carboxylic acids is 1. The molecule has 2 aliphatic carbocycles. The second-order valence-electron chi connectivity index (χ2n) is 7.48. The lowest BCUT2D eigenvalue weighted by Crippen LogP contribution is -2.38. The Hall–Kier alpha value is -2.84. The van der Waals surface area contributed by atoms with E-state index >= 15 is 0 Å². The Bertz CT molecular complexity index is 837. The third-order valence-electron chi connectivity index (χ3n) is 5.33. The fourth-order valence-electron chi connectivity index (χ4n) is 3.58. The van der Waals surface area contributed by atoms with Gasteiger partial charge >= 0.3 is 5.97 Å². The molecule has 2 amide bonds. The molecule has 0 aliphatic heterocycles. The van der Waals surface area contributed by atoms with E-state index in [2.05, 4.69) is 10.6 Å². The number of hydrogen-bond donors (Lipinski definition) is 4. The number of carbonyl (C=O) groups is 3. The molecule has 1 aromatic heterocycles. The van der Waals surface area contributed by atoms with Crippen molar-refractivity contribution in [3.05, 3.63) is 27.7 Å². The first kappa shape index (κ1) is 19.9. The molecule has 9 heteroatoms. The van der Waals surface area contributed by atoms with Crippen molar-refractivity contribution >= 4 is 17.8 Å². The average molecular weight is 391 g/mol. The number of rotatable bonds is 8. The maximum absolute atomic E-state index is 12.8. The molecule has 0 bridgehead atoms. The van der Waals surface area contributed by atoms with E-state index in [4.69, 9.17) is 5.11 Å². The summed E-state index contributed by atoms with van der Waals surface area (Å²) in [7, 11) is 0.